The highest BCUT2D eigenvalue weighted by molar-refractivity contribution is 7.89. The van der Waals surface area contributed by atoms with E-state index >= 15 is 0 Å². The first-order chi connectivity index (χ1) is 11.7. The van der Waals surface area contributed by atoms with Crippen LogP contribution >= 0.6 is 0 Å². The zero-order chi connectivity index (χ0) is 18.6. The van der Waals surface area contributed by atoms with E-state index in [-0.39, 0.29) is 16.5 Å². The monoisotopic (exact) mass is 364 g/mol. The molecule has 25 heavy (non-hydrogen) atoms. The zero-order valence-corrected chi connectivity index (χ0v) is 15.1. The van der Waals surface area contributed by atoms with E-state index in [0.29, 0.717) is 5.56 Å². The molecule has 0 bridgehead atoms. The molecule has 0 saturated heterocycles. The number of benzene rings is 2. The van der Waals surface area contributed by atoms with Crippen LogP contribution in [0.25, 0.3) is 0 Å². The van der Waals surface area contributed by atoms with E-state index < -0.39 is 27.8 Å². The maximum absolute atomic E-state index is 13.4. The lowest BCUT2D eigenvalue weighted by Crippen LogP contribution is -2.42. The number of hydrogen-bond acceptors (Lipinski definition) is 3. The van der Waals surface area contributed by atoms with Gasteiger partial charge in [0.05, 0.1) is 4.90 Å². The maximum Gasteiger partial charge on any atom is 0.242 e. The van der Waals surface area contributed by atoms with Crippen LogP contribution in [-0.2, 0) is 14.8 Å². The Bertz CT molecular complexity index is 852. The molecule has 0 aliphatic heterocycles. The fraction of sp³-hybridized carbons (Fsp3) is 0.278. The number of amides is 1. The molecule has 2 aromatic carbocycles. The topological polar surface area (TPSA) is 75.3 Å². The molecule has 0 aliphatic rings. The molecule has 0 aromatic heterocycles. The Balaban J connectivity index is 2.38. The molecule has 0 aliphatic carbocycles. The Labute approximate surface area is 147 Å². The Morgan fingerprint density at radius 3 is 2.28 bits per heavy atom. The minimum Gasteiger partial charge on any atom is -0.352 e. The molecule has 0 fully saturated rings. The maximum atomic E-state index is 13.4. The van der Waals surface area contributed by atoms with Gasteiger partial charge in [0.1, 0.15) is 11.9 Å². The smallest absolute Gasteiger partial charge is 0.242 e. The molecular weight excluding hydrogens is 343 g/mol. The van der Waals surface area contributed by atoms with Crippen molar-refractivity contribution in [3.8, 4) is 0 Å². The SMILES string of the molecule is Cc1cc(S(=O)(=O)N[C@H](C(=O)NC(C)C)c2ccccc2)ccc1F. The van der Waals surface area contributed by atoms with Gasteiger partial charge in [-0.25, -0.2) is 12.8 Å². The van der Waals surface area contributed by atoms with Crippen LogP contribution in [0.4, 0.5) is 4.39 Å². The Morgan fingerprint density at radius 1 is 1.08 bits per heavy atom. The first-order valence-electron chi connectivity index (χ1n) is 7.84. The van der Waals surface area contributed by atoms with E-state index in [2.05, 4.69) is 10.0 Å². The molecule has 0 heterocycles. The van der Waals surface area contributed by atoms with Crippen molar-refractivity contribution in [1.82, 2.24) is 10.0 Å². The van der Waals surface area contributed by atoms with Crippen LogP contribution in [0.5, 0.6) is 0 Å². The largest absolute Gasteiger partial charge is 0.352 e. The second-order valence-electron chi connectivity index (χ2n) is 6.04. The molecule has 5 nitrogen and oxygen atoms in total. The predicted molar refractivity (Wildman–Crippen MR) is 93.9 cm³/mol. The van der Waals surface area contributed by atoms with Crippen molar-refractivity contribution in [2.75, 3.05) is 0 Å². The summed E-state index contributed by atoms with van der Waals surface area (Å²) >= 11 is 0. The summed E-state index contributed by atoms with van der Waals surface area (Å²) in [7, 11) is -4.01. The van der Waals surface area contributed by atoms with Crippen LogP contribution in [0.15, 0.2) is 53.4 Å². The number of halogens is 1. The number of carbonyl (C=O) groups is 1. The summed E-state index contributed by atoms with van der Waals surface area (Å²) < 4.78 is 41.1. The minimum atomic E-state index is -4.01. The summed E-state index contributed by atoms with van der Waals surface area (Å²) in [6.07, 6.45) is 0. The molecule has 134 valence electrons. The van der Waals surface area contributed by atoms with Gasteiger partial charge in [-0.15, -0.1) is 0 Å². The van der Waals surface area contributed by atoms with Gasteiger partial charge in [0.25, 0.3) is 0 Å². The highest BCUT2D eigenvalue weighted by Crippen LogP contribution is 2.19. The van der Waals surface area contributed by atoms with E-state index in [1.54, 1.807) is 44.2 Å². The van der Waals surface area contributed by atoms with Gasteiger partial charge in [0.2, 0.25) is 15.9 Å². The quantitative estimate of drug-likeness (QED) is 0.827. The number of aryl methyl sites for hydroxylation is 1. The summed E-state index contributed by atoms with van der Waals surface area (Å²) in [5.74, 6) is -0.945. The highest BCUT2D eigenvalue weighted by atomic mass is 32.2. The standard InChI is InChI=1S/C18H21FN2O3S/c1-12(2)20-18(22)17(14-7-5-4-6-8-14)21-25(23,24)15-9-10-16(19)13(3)11-15/h4-12,17,21H,1-3H3,(H,20,22)/t17-/m0/s1. The second kappa shape index (κ2) is 7.76. The molecule has 2 N–H and O–H groups in total. The minimum absolute atomic E-state index is 0.0929. The van der Waals surface area contributed by atoms with Gasteiger partial charge in [-0.05, 0) is 50.1 Å². The summed E-state index contributed by atoms with van der Waals surface area (Å²) in [5.41, 5.74) is 0.730. The highest BCUT2D eigenvalue weighted by Gasteiger charge is 2.27. The normalized spacial score (nSPS) is 12.8. The molecule has 1 amide bonds. The summed E-state index contributed by atoms with van der Waals surface area (Å²) in [5, 5.41) is 2.71. The third kappa shape index (κ3) is 4.87. The number of hydrogen-bond donors (Lipinski definition) is 2. The average Bonchev–Trinajstić information content (AvgIpc) is 2.55. The average molecular weight is 364 g/mol. The van der Waals surface area contributed by atoms with E-state index in [1.165, 1.54) is 19.1 Å². The Hall–Kier alpha value is -2.25. The van der Waals surface area contributed by atoms with Gasteiger partial charge < -0.3 is 5.32 Å². The summed E-state index contributed by atoms with van der Waals surface area (Å²) in [4.78, 5) is 12.4. The van der Waals surface area contributed by atoms with E-state index in [9.17, 15) is 17.6 Å². The van der Waals surface area contributed by atoms with Crippen molar-refractivity contribution < 1.29 is 17.6 Å². The van der Waals surface area contributed by atoms with Gasteiger partial charge >= 0.3 is 0 Å². The van der Waals surface area contributed by atoms with Crippen molar-refractivity contribution in [3.05, 3.63) is 65.5 Å². The van der Waals surface area contributed by atoms with Crippen molar-refractivity contribution in [3.63, 3.8) is 0 Å². The Kier molecular flexibility index (Phi) is 5.92. The number of carbonyl (C=O) groups excluding carboxylic acids is 1. The molecule has 1 atom stereocenters. The number of sulfonamides is 1. The lowest BCUT2D eigenvalue weighted by molar-refractivity contribution is -0.123. The molecule has 0 spiro atoms. The summed E-state index contributed by atoms with van der Waals surface area (Å²) in [6.45, 7) is 5.06. The van der Waals surface area contributed by atoms with Crippen LogP contribution in [0.1, 0.15) is 31.0 Å². The molecule has 0 saturated carbocycles. The van der Waals surface area contributed by atoms with Crippen molar-refractivity contribution in [2.45, 2.75) is 37.8 Å². The Morgan fingerprint density at radius 2 is 1.72 bits per heavy atom. The molecule has 2 aromatic rings. The van der Waals surface area contributed by atoms with Gasteiger partial charge in [-0.3, -0.25) is 4.79 Å². The van der Waals surface area contributed by atoms with Gasteiger partial charge in [-0.2, -0.15) is 4.72 Å². The number of nitrogens with one attached hydrogen (secondary N) is 2. The van der Waals surface area contributed by atoms with Crippen molar-refractivity contribution >= 4 is 15.9 Å². The second-order valence-corrected chi connectivity index (χ2v) is 7.75. The van der Waals surface area contributed by atoms with E-state index in [0.717, 1.165) is 6.07 Å². The predicted octanol–water partition coefficient (Wildman–Crippen LogP) is 2.68. The van der Waals surface area contributed by atoms with Gasteiger partial charge in [-0.1, -0.05) is 30.3 Å². The fourth-order valence-electron chi connectivity index (χ4n) is 2.29. The lowest BCUT2D eigenvalue weighted by atomic mass is 10.1. The zero-order valence-electron chi connectivity index (χ0n) is 14.3. The first kappa shape index (κ1) is 19.1. The van der Waals surface area contributed by atoms with Crippen LogP contribution in [-0.4, -0.2) is 20.4 Å². The molecule has 2 rings (SSSR count). The molecule has 0 radical (unpaired) electrons. The van der Waals surface area contributed by atoms with Gasteiger partial charge in [0, 0.05) is 6.04 Å². The van der Waals surface area contributed by atoms with Crippen molar-refractivity contribution in [2.24, 2.45) is 0 Å². The molecular formula is C18H21FN2O3S. The van der Waals surface area contributed by atoms with Crippen LogP contribution < -0.4 is 10.0 Å². The van der Waals surface area contributed by atoms with Crippen molar-refractivity contribution in [1.29, 1.82) is 0 Å². The van der Waals surface area contributed by atoms with Crippen LogP contribution in [0, 0.1) is 12.7 Å². The molecule has 0 unspecified atom stereocenters. The number of rotatable bonds is 6. The van der Waals surface area contributed by atoms with Crippen LogP contribution in [0.3, 0.4) is 0 Å². The molecule has 7 heteroatoms. The summed E-state index contributed by atoms with van der Waals surface area (Å²) in [6, 6.07) is 10.8. The lowest BCUT2D eigenvalue weighted by Gasteiger charge is -2.20. The first-order valence-corrected chi connectivity index (χ1v) is 9.33. The van der Waals surface area contributed by atoms with Crippen LogP contribution in [0.2, 0.25) is 0 Å². The third-order valence-electron chi connectivity index (χ3n) is 3.54. The van der Waals surface area contributed by atoms with E-state index in [4.69, 9.17) is 0 Å². The van der Waals surface area contributed by atoms with Gasteiger partial charge in [0.15, 0.2) is 0 Å². The fourth-order valence-corrected chi connectivity index (χ4v) is 3.56. The van der Waals surface area contributed by atoms with E-state index in [1.807, 2.05) is 0 Å². The third-order valence-corrected chi connectivity index (χ3v) is 4.96.